The van der Waals surface area contributed by atoms with E-state index in [-0.39, 0.29) is 18.6 Å². The fourth-order valence-electron chi connectivity index (χ4n) is 4.15. The van der Waals surface area contributed by atoms with Gasteiger partial charge >= 0.3 is 0 Å². The highest BCUT2D eigenvalue weighted by molar-refractivity contribution is 5.89. The van der Waals surface area contributed by atoms with Crippen molar-refractivity contribution in [3.05, 3.63) is 72.3 Å². The molecule has 5 heterocycles. The fraction of sp³-hybridized carbons (Fsp3) is 0.269. The van der Waals surface area contributed by atoms with E-state index in [1.165, 1.54) is 11.9 Å². The Bertz CT molecular complexity index is 1400. The van der Waals surface area contributed by atoms with E-state index in [1.54, 1.807) is 23.3 Å². The van der Waals surface area contributed by atoms with Crippen LogP contribution in [0.3, 0.4) is 0 Å². The van der Waals surface area contributed by atoms with Crippen molar-refractivity contribution < 1.29 is 4.79 Å². The number of amides is 1. The predicted octanol–water partition coefficient (Wildman–Crippen LogP) is 3.73. The summed E-state index contributed by atoms with van der Waals surface area (Å²) in [5.41, 5.74) is 6.02. The second-order valence-corrected chi connectivity index (χ2v) is 8.48. The van der Waals surface area contributed by atoms with Crippen LogP contribution in [0.15, 0.2) is 76.5 Å². The van der Waals surface area contributed by atoms with Gasteiger partial charge in [0, 0.05) is 42.5 Å². The van der Waals surface area contributed by atoms with Crippen molar-refractivity contribution in [1.29, 1.82) is 0 Å². The Labute approximate surface area is 203 Å². The minimum absolute atomic E-state index is 0.0950. The first-order valence-corrected chi connectivity index (χ1v) is 11.7. The Morgan fingerprint density at radius 3 is 3.03 bits per heavy atom. The summed E-state index contributed by atoms with van der Waals surface area (Å²) in [5.74, 6) is -0.152. The zero-order valence-corrected chi connectivity index (χ0v) is 19.5. The molecule has 0 spiro atoms. The van der Waals surface area contributed by atoms with E-state index in [0.717, 1.165) is 36.1 Å². The highest BCUT2D eigenvalue weighted by Gasteiger charge is 2.17. The number of hydrogen-bond donors (Lipinski definition) is 1. The van der Waals surface area contributed by atoms with Gasteiger partial charge in [0.1, 0.15) is 30.2 Å². The molecule has 1 N–H and O–H groups in total. The molecule has 1 amide bonds. The molecule has 3 aromatic rings. The van der Waals surface area contributed by atoms with Gasteiger partial charge in [-0.1, -0.05) is 12.2 Å². The van der Waals surface area contributed by atoms with Gasteiger partial charge < -0.3 is 9.88 Å². The van der Waals surface area contributed by atoms with Gasteiger partial charge in [-0.15, -0.1) is 0 Å². The van der Waals surface area contributed by atoms with Crippen LogP contribution in [0.2, 0.25) is 0 Å². The minimum Gasteiger partial charge on any atom is -0.332 e. The van der Waals surface area contributed by atoms with Gasteiger partial charge in [-0.3, -0.25) is 19.8 Å². The summed E-state index contributed by atoms with van der Waals surface area (Å²) in [6.45, 7) is 2.02. The van der Waals surface area contributed by atoms with Crippen LogP contribution in [-0.2, 0) is 11.3 Å². The van der Waals surface area contributed by atoms with Crippen LogP contribution in [0.1, 0.15) is 31.4 Å². The van der Waals surface area contributed by atoms with E-state index in [0.29, 0.717) is 23.3 Å². The number of aliphatic imine (C=N–C) groups is 2. The number of hydrogen-bond acceptors (Lipinski definition) is 7. The maximum absolute atomic E-state index is 12.8. The molecule has 0 aliphatic carbocycles. The highest BCUT2D eigenvalue weighted by Crippen LogP contribution is 2.24. The van der Waals surface area contributed by atoms with Gasteiger partial charge in [0.25, 0.3) is 0 Å². The number of dihydropyridines is 1. The molecule has 0 saturated heterocycles. The fourth-order valence-corrected chi connectivity index (χ4v) is 4.15. The molecule has 1 atom stereocenters. The average molecular weight is 467 g/mol. The summed E-state index contributed by atoms with van der Waals surface area (Å²) in [4.78, 5) is 39.2. The van der Waals surface area contributed by atoms with Crippen LogP contribution in [-0.4, -0.2) is 49.0 Å². The van der Waals surface area contributed by atoms with Crippen LogP contribution >= 0.6 is 0 Å². The summed E-state index contributed by atoms with van der Waals surface area (Å²) < 4.78 is 1.73. The summed E-state index contributed by atoms with van der Waals surface area (Å²) >= 11 is 0. The van der Waals surface area contributed by atoms with Gasteiger partial charge in [-0.05, 0) is 55.5 Å². The standard InChI is InChI=1S/C26H26N8O/c1-18-12-19(9-11-28-18)24-25-26(31-16-30-24)34(17-32-25)15-23(35)33-22-8-7-21(14-29-22)20-6-4-2-3-5-10-27-13-20/h3,5,7,9-14,16-17,22H,2,4,6,8,15H2,1H3,(H,33,35)/b5-3-,20-13+,27-10+. The van der Waals surface area contributed by atoms with Crippen molar-refractivity contribution in [2.45, 2.75) is 45.3 Å². The summed E-state index contributed by atoms with van der Waals surface area (Å²) in [5, 5.41) is 2.99. The number of carbonyl (C=O) groups is 1. The van der Waals surface area contributed by atoms with Crippen LogP contribution < -0.4 is 5.32 Å². The first-order chi connectivity index (χ1) is 17.2. The Hall–Kier alpha value is -4.27. The van der Waals surface area contributed by atoms with Crippen molar-refractivity contribution in [2.75, 3.05) is 0 Å². The lowest BCUT2D eigenvalue weighted by atomic mass is 9.99. The topological polar surface area (TPSA) is 110 Å². The second-order valence-electron chi connectivity index (χ2n) is 8.48. The van der Waals surface area contributed by atoms with Crippen LogP contribution in [0.25, 0.3) is 22.4 Å². The smallest absolute Gasteiger partial charge is 0.241 e. The number of nitrogens with one attached hydrogen (secondary N) is 1. The summed E-state index contributed by atoms with van der Waals surface area (Å²) in [6.07, 6.45) is 20.0. The molecule has 176 valence electrons. The molecule has 9 nitrogen and oxygen atoms in total. The van der Waals surface area contributed by atoms with Crippen LogP contribution in [0.5, 0.6) is 0 Å². The molecule has 0 radical (unpaired) electrons. The molecule has 9 heteroatoms. The first kappa shape index (κ1) is 22.5. The zero-order valence-electron chi connectivity index (χ0n) is 19.5. The number of allylic oxidation sites excluding steroid dienone is 4. The van der Waals surface area contributed by atoms with E-state index in [4.69, 9.17) is 0 Å². The van der Waals surface area contributed by atoms with Crippen LogP contribution in [0.4, 0.5) is 0 Å². The quantitative estimate of drug-likeness (QED) is 0.616. The van der Waals surface area contributed by atoms with E-state index in [9.17, 15) is 4.79 Å². The van der Waals surface area contributed by atoms with Gasteiger partial charge in [-0.2, -0.15) is 0 Å². The summed E-state index contributed by atoms with van der Waals surface area (Å²) in [7, 11) is 0. The van der Waals surface area contributed by atoms with Gasteiger partial charge in [0.05, 0.1) is 6.33 Å². The molecule has 5 rings (SSSR count). The minimum atomic E-state index is -0.298. The van der Waals surface area contributed by atoms with Crippen molar-refractivity contribution in [1.82, 2.24) is 29.8 Å². The van der Waals surface area contributed by atoms with Gasteiger partial charge in [0.15, 0.2) is 5.65 Å². The highest BCUT2D eigenvalue weighted by atomic mass is 16.2. The number of rotatable bonds is 5. The number of aromatic nitrogens is 5. The lowest BCUT2D eigenvalue weighted by Crippen LogP contribution is -2.36. The number of pyridine rings is 1. The molecule has 35 heavy (non-hydrogen) atoms. The number of nitrogens with zero attached hydrogens (tertiary/aromatic N) is 7. The van der Waals surface area contributed by atoms with E-state index in [2.05, 4.69) is 47.4 Å². The second kappa shape index (κ2) is 10.3. The Morgan fingerprint density at radius 1 is 1.23 bits per heavy atom. The first-order valence-electron chi connectivity index (χ1n) is 11.7. The lowest BCUT2D eigenvalue weighted by Gasteiger charge is -2.18. The molecular formula is C26H26N8O. The van der Waals surface area contributed by atoms with Gasteiger partial charge in [-0.25, -0.2) is 15.0 Å². The van der Waals surface area contributed by atoms with Crippen molar-refractivity contribution in [2.24, 2.45) is 9.98 Å². The largest absolute Gasteiger partial charge is 0.332 e. The molecule has 2 aliphatic rings. The normalized spacial score (nSPS) is 21.2. The maximum Gasteiger partial charge on any atom is 0.241 e. The van der Waals surface area contributed by atoms with E-state index < -0.39 is 0 Å². The van der Waals surface area contributed by atoms with Crippen LogP contribution in [0, 0.1) is 6.92 Å². The number of carbonyl (C=O) groups excluding carboxylic acids is 1. The number of imidazole rings is 1. The number of aryl methyl sites for hydroxylation is 1. The van der Waals surface area contributed by atoms with Crippen molar-refractivity contribution >= 4 is 29.5 Å². The third-order valence-corrected chi connectivity index (χ3v) is 5.89. The Kier molecular flexibility index (Phi) is 6.65. The SMILES string of the molecule is Cc1cc(-c2ncnc3c2ncn3CC(=O)NC2CC=C(/C3=C/N=C/C=C\CCC3)C=N2)ccn1. The maximum atomic E-state index is 12.8. The van der Waals surface area contributed by atoms with Gasteiger partial charge in [0.2, 0.25) is 5.91 Å². The molecule has 3 aromatic heterocycles. The van der Waals surface area contributed by atoms with E-state index in [1.807, 2.05) is 37.5 Å². The lowest BCUT2D eigenvalue weighted by molar-refractivity contribution is -0.122. The Morgan fingerprint density at radius 2 is 2.17 bits per heavy atom. The Balaban J connectivity index is 1.24. The molecule has 2 aliphatic heterocycles. The average Bonchev–Trinajstić information content (AvgIpc) is 3.32. The molecule has 0 bridgehead atoms. The summed E-state index contributed by atoms with van der Waals surface area (Å²) in [6, 6.07) is 3.84. The third-order valence-electron chi connectivity index (χ3n) is 5.89. The monoisotopic (exact) mass is 466 g/mol. The van der Waals surface area contributed by atoms with E-state index >= 15 is 0 Å². The number of fused-ring (bicyclic) bond motifs is 1. The molecular weight excluding hydrogens is 440 g/mol. The zero-order chi connectivity index (χ0) is 24.0. The predicted molar refractivity (Wildman–Crippen MR) is 136 cm³/mol. The molecule has 1 unspecified atom stereocenters. The third kappa shape index (κ3) is 5.29. The van der Waals surface area contributed by atoms with Crippen molar-refractivity contribution in [3.63, 3.8) is 0 Å². The molecule has 0 saturated carbocycles. The molecule has 0 fully saturated rings. The molecule has 0 aromatic carbocycles. The van der Waals surface area contributed by atoms with Crippen molar-refractivity contribution in [3.8, 4) is 11.3 Å².